The van der Waals surface area contributed by atoms with Crippen LogP contribution in [0.2, 0.25) is 0 Å². The van der Waals surface area contributed by atoms with Crippen LogP contribution < -0.4 is 0 Å². The van der Waals surface area contributed by atoms with Crippen molar-refractivity contribution in [2.75, 3.05) is 0 Å². The van der Waals surface area contributed by atoms with Crippen LogP contribution in [0.5, 0.6) is 5.75 Å². The first-order chi connectivity index (χ1) is 5.75. The monoisotopic (exact) mass is 182 g/mol. The number of phenols is 1. The normalized spacial score (nSPS) is 9.38. The number of aryl methyl sites for hydroxylation is 2. The van der Waals surface area contributed by atoms with Crippen LogP contribution >= 0.6 is 0 Å². The molecule has 0 bridgehead atoms. The number of aromatic hydroxyl groups is 1. The lowest BCUT2D eigenvalue weighted by Gasteiger charge is -2.05. The molecule has 1 aromatic carbocycles. The molecule has 0 fully saturated rings. The fourth-order valence-corrected chi connectivity index (χ4v) is 1.29. The van der Waals surface area contributed by atoms with E-state index in [0.29, 0.717) is 5.75 Å². The maximum absolute atomic E-state index is 9.62. The van der Waals surface area contributed by atoms with Crippen LogP contribution in [0.3, 0.4) is 0 Å². The third-order valence-electron chi connectivity index (χ3n) is 2.12. The highest BCUT2D eigenvalue weighted by Crippen LogP contribution is 2.22. The molecule has 0 spiro atoms. The Morgan fingerprint density at radius 2 is 2.00 bits per heavy atom. The Labute approximate surface area is 79.5 Å². The Kier molecular flexibility index (Phi) is 5.16. The lowest BCUT2D eigenvalue weighted by Crippen LogP contribution is -1.87. The fraction of sp³-hybridized carbons (Fsp3) is 0.455. The van der Waals surface area contributed by atoms with Crippen molar-refractivity contribution < 1.29 is 10.6 Å². The molecule has 0 heterocycles. The molecule has 13 heavy (non-hydrogen) atoms. The Morgan fingerprint density at radius 3 is 2.62 bits per heavy atom. The van der Waals surface area contributed by atoms with Crippen molar-refractivity contribution in [2.24, 2.45) is 0 Å². The molecule has 0 aromatic heterocycles. The van der Waals surface area contributed by atoms with Crippen molar-refractivity contribution in [3.05, 3.63) is 29.3 Å². The van der Waals surface area contributed by atoms with Gasteiger partial charge in [0.25, 0.3) is 0 Å². The summed E-state index contributed by atoms with van der Waals surface area (Å²) in [6, 6.07) is 5.93. The van der Waals surface area contributed by atoms with Gasteiger partial charge in [-0.15, -0.1) is 0 Å². The first-order valence-corrected chi connectivity index (χ1v) is 4.53. The summed E-state index contributed by atoms with van der Waals surface area (Å²) in [5.41, 5.74) is 2.06. The highest BCUT2D eigenvalue weighted by atomic mass is 16.3. The van der Waals surface area contributed by atoms with Crippen LogP contribution in [0.1, 0.15) is 30.9 Å². The molecule has 1 rings (SSSR count). The minimum atomic E-state index is 0. The summed E-state index contributed by atoms with van der Waals surface area (Å²) in [4.78, 5) is 0. The van der Waals surface area contributed by atoms with Crippen molar-refractivity contribution >= 4 is 0 Å². The second-order valence-electron chi connectivity index (χ2n) is 3.19. The average molecular weight is 182 g/mol. The van der Waals surface area contributed by atoms with Crippen molar-refractivity contribution in [1.29, 1.82) is 0 Å². The second-order valence-corrected chi connectivity index (χ2v) is 3.19. The molecular weight excluding hydrogens is 164 g/mol. The molecule has 2 nitrogen and oxygen atoms in total. The highest BCUT2D eigenvalue weighted by Gasteiger charge is 2.01. The van der Waals surface area contributed by atoms with Gasteiger partial charge in [0.15, 0.2) is 0 Å². The first-order valence-electron chi connectivity index (χ1n) is 4.53. The van der Waals surface area contributed by atoms with Gasteiger partial charge in [0.2, 0.25) is 0 Å². The van der Waals surface area contributed by atoms with Gasteiger partial charge in [-0.1, -0.05) is 31.5 Å². The van der Waals surface area contributed by atoms with E-state index in [-0.39, 0.29) is 5.48 Å². The van der Waals surface area contributed by atoms with Crippen LogP contribution in [-0.2, 0) is 6.42 Å². The quantitative estimate of drug-likeness (QED) is 0.765. The summed E-state index contributed by atoms with van der Waals surface area (Å²) >= 11 is 0. The number of hydrogen-bond donors (Lipinski definition) is 1. The molecule has 1 aromatic rings. The van der Waals surface area contributed by atoms with Gasteiger partial charge in [-0.25, -0.2) is 0 Å². The van der Waals surface area contributed by atoms with Crippen LogP contribution in [0.25, 0.3) is 0 Å². The van der Waals surface area contributed by atoms with Crippen molar-refractivity contribution in [3.8, 4) is 5.75 Å². The Hall–Kier alpha value is -1.02. The van der Waals surface area contributed by atoms with E-state index >= 15 is 0 Å². The molecule has 0 saturated carbocycles. The lowest BCUT2D eigenvalue weighted by molar-refractivity contribution is 0.463. The summed E-state index contributed by atoms with van der Waals surface area (Å²) in [6.45, 7) is 4.09. The van der Waals surface area contributed by atoms with E-state index in [0.717, 1.165) is 24.0 Å². The van der Waals surface area contributed by atoms with Crippen molar-refractivity contribution in [2.45, 2.75) is 33.1 Å². The van der Waals surface area contributed by atoms with E-state index in [1.165, 1.54) is 6.42 Å². The zero-order valence-corrected chi connectivity index (χ0v) is 8.30. The summed E-state index contributed by atoms with van der Waals surface area (Å²) in [6.07, 6.45) is 3.31. The number of phenolic OH excluding ortho intramolecular Hbond substituents is 1. The SMILES string of the molecule is CCCCc1cccc(C)c1O.O. The molecule has 0 saturated heterocycles. The Balaban J connectivity index is 0.00000144. The molecule has 3 N–H and O–H groups in total. The van der Waals surface area contributed by atoms with E-state index in [1.807, 2.05) is 25.1 Å². The van der Waals surface area contributed by atoms with Crippen molar-refractivity contribution in [3.63, 3.8) is 0 Å². The summed E-state index contributed by atoms with van der Waals surface area (Å²) in [7, 11) is 0. The maximum atomic E-state index is 9.62. The van der Waals surface area contributed by atoms with E-state index in [2.05, 4.69) is 6.92 Å². The summed E-state index contributed by atoms with van der Waals surface area (Å²) in [5, 5.41) is 9.62. The highest BCUT2D eigenvalue weighted by molar-refractivity contribution is 5.39. The molecular formula is C11H18O2. The number of hydrogen-bond acceptors (Lipinski definition) is 1. The van der Waals surface area contributed by atoms with Gasteiger partial charge < -0.3 is 10.6 Å². The predicted molar refractivity (Wildman–Crippen MR) is 55.1 cm³/mol. The molecule has 2 heteroatoms. The second kappa shape index (κ2) is 5.60. The average Bonchev–Trinajstić information content (AvgIpc) is 2.08. The predicted octanol–water partition coefficient (Wildman–Crippen LogP) is 2.22. The van der Waals surface area contributed by atoms with Crippen LogP contribution in [0.4, 0.5) is 0 Å². The van der Waals surface area contributed by atoms with Gasteiger partial charge in [0, 0.05) is 0 Å². The topological polar surface area (TPSA) is 51.7 Å². The van der Waals surface area contributed by atoms with E-state index in [1.54, 1.807) is 0 Å². The molecule has 74 valence electrons. The van der Waals surface area contributed by atoms with Gasteiger partial charge >= 0.3 is 0 Å². The maximum Gasteiger partial charge on any atom is 0.121 e. The molecule has 0 atom stereocenters. The molecule has 0 radical (unpaired) electrons. The smallest absolute Gasteiger partial charge is 0.121 e. The van der Waals surface area contributed by atoms with Gasteiger partial charge in [0.1, 0.15) is 5.75 Å². The fourth-order valence-electron chi connectivity index (χ4n) is 1.29. The minimum absolute atomic E-state index is 0. The zero-order valence-electron chi connectivity index (χ0n) is 8.30. The zero-order chi connectivity index (χ0) is 8.97. The summed E-state index contributed by atoms with van der Waals surface area (Å²) < 4.78 is 0. The largest absolute Gasteiger partial charge is 0.507 e. The van der Waals surface area contributed by atoms with E-state index in [4.69, 9.17) is 0 Å². The van der Waals surface area contributed by atoms with Crippen LogP contribution in [0.15, 0.2) is 18.2 Å². The molecule has 0 aliphatic carbocycles. The Morgan fingerprint density at radius 1 is 1.31 bits per heavy atom. The van der Waals surface area contributed by atoms with E-state index in [9.17, 15) is 5.11 Å². The number of rotatable bonds is 3. The standard InChI is InChI=1S/C11H16O.H2O/c1-3-4-7-10-8-5-6-9(2)11(10)12;/h5-6,8,12H,3-4,7H2,1-2H3;1H2. The third-order valence-corrected chi connectivity index (χ3v) is 2.12. The molecule has 0 amide bonds. The number of unbranched alkanes of at least 4 members (excludes halogenated alkanes) is 1. The van der Waals surface area contributed by atoms with Crippen LogP contribution in [0, 0.1) is 6.92 Å². The first kappa shape index (κ1) is 12.0. The lowest BCUT2D eigenvalue weighted by atomic mass is 10.0. The third kappa shape index (κ3) is 3.07. The van der Waals surface area contributed by atoms with Gasteiger partial charge in [-0.3, -0.25) is 0 Å². The van der Waals surface area contributed by atoms with Crippen LogP contribution in [-0.4, -0.2) is 10.6 Å². The molecule has 0 aliphatic rings. The summed E-state index contributed by atoms with van der Waals surface area (Å²) in [5.74, 6) is 0.478. The molecule has 0 unspecified atom stereocenters. The van der Waals surface area contributed by atoms with Gasteiger partial charge in [-0.2, -0.15) is 0 Å². The minimum Gasteiger partial charge on any atom is -0.507 e. The van der Waals surface area contributed by atoms with Gasteiger partial charge in [-0.05, 0) is 30.9 Å². The van der Waals surface area contributed by atoms with E-state index < -0.39 is 0 Å². The Bertz CT molecular complexity index is 256. The number of para-hydroxylation sites is 1. The van der Waals surface area contributed by atoms with Gasteiger partial charge in [0.05, 0.1) is 0 Å². The number of benzene rings is 1. The molecule has 0 aliphatic heterocycles. The van der Waals surface area contributed by atoms with Crippen molar-refractivity contribution in [1.82, 2.24) is 0 Å².